The molecule has 1 aromatic carbocycles. The van der Waals surface area contributed by atoms with E-state index in [-0.39, 0.29) is 29.9 Å². The van der Waals surface area contributed by atoms with Crippen LogP contribution >= 0.6 is 0 Å². The topological polar surface area (TPSA) is 122 Å². The van der Waals surface area contributed by atoms with Crippen LogP contribution < -0.4 is 15.0 Å². The van der Waals surface area contributed by atoms with E-state index in [1.165, 1.54) is 24.3 Å². The van der Waals surface area contributed by atoms with Crippen LogP contribution in [0.1, 0.15) is 29.8 Å². The van der Waals surface area contributed by atoms with E-state index in [1.54, 1.807) is 12.2 Å². The Kier molecular flexibility index (Phi) is 7.99. The third-order valence-electron chi connectivity index (χ3n) is 5.99. The predicted molar refractivity (Wildman–Crippen MR) is 132 cm³/mol. The van der Waals surface area contributed by atoms with E-state index < -0.39 is 30.0 Å². The summed E-state index contributed by atoms with van der Waals surface area (Å²) < 4.78 is 46.4. The average molecular weight is 540 g/mol. The number of halogens is 3. The highest BCUT2D eigenvalue weighted by Gasteiger charge is 2.38. The number of rotatable bonds is 7. The fourth-order valence-electron chi connectivity index (χ4n) is 3.83. The number of methoxy groups -OCH3 is 1. The highest BCUT2D eigenvalue weighted by Crippen LogP contribution is 2.34. The molecule has 2 aromatic rings. The normalized spacial score (nSPS) is 16.5. The number of nitrogens with one attached hydrogen (secondary N) is 1. The van der Waals surface area contributed by atoms with Gasteiger partial charge in [0.2, 0.25) is 5.91 Å². The molecule has 12 heteroatoms. The highest BCUT2D eigenvalue weighted by molar-refractivity contribution is 6.13. The Labute approximate surface area is 221 Å². The summed E-state index contributed by atoms with van der Waals surface area (Å²) in [7, 11) is 1.11. The second-order valence-corrected chi connectivity index (χ2v) is 8.88. The van der Waals surface area contributed by atoms with Gasteiger partial charge in [0.05, 0.1) is 19.1 Å². The van der Waals surface area contributed by atoms with Crippen LogP contribution in [-0.2, 0) is 9.53 Å². The van der Waals surface area contributed by atoms with Crippen LogP contribution in [0, 0.1) is 23.2 Å². The van der Waals surface area contributed by atoms with Crippen molar-refractivity contribution in [3.8, 4) is 22.9 Å². The summed E-state index contributed by atoms with van der Waals surface area (Å²) in [6.07, 6.45) is 1.17. The van der Waals surface area contributed by atoms with Crippen molar-refractivity contribution in [2.75, 3.05) is 18.6 Å². The summed E-state index contributed by atoms with van der Waals surface area (Å²) in [4.78, 5) is 43.6. The van der Waals surface area contributed by atoms with Gasteiger partial charge in [-0.3, -0.25) is 9.59 Å². The highest BCUT2D eigenvalue weighted by atomic mass is 19.4. The van der Waals surface area contributed by atoms with Gasteiger partial charge in [0.25, 0.3) is 5.91 Å². The molecule has 0 saturated heterocycles. The lowest BCUT2D eigenvalue weighted by molar-refractivity contribution is -0.274. The summed E-state index contributed by atoms with van der Waals surface area (Å²) >= 11 is 0. The Morgan fingerprint density at radius 1 is 1.15 bits per heavy atom. The number of imide groups is 1. The molecule has 202 valence electrons. The molecule has 3 amide bonds. The molecule has 2 aliphatic rings. The summed E-state index contributed by atoms with van der Waals surface area (Å²) in [6, 6.07) is 9.81. The molecule has 2 aliphatic carbocycles. The van der Waals surface area contributed by atoms with Crippen molar-refractivity contribution in [3.05, 3.63) is 65.9 Å². The van der Waals surface area contributed by atoms with E-state index in [1.807, 2.05) is 6.08 Å². The molecule has 1 saturated carbocycles. The van der Waals surface area contributed by atoms with Crippen molar-refractivity contribution in [3.63, 3.8) is 0 Å². The van der Waals surface area contributed by atoms with Gasteiger partial charge in [0, 0.05) is 12.5 Å². The first kappa shape index (κ1) is 27.4. The molecule has 1 aromatic heterocycles. The molecule has 1 fully saturated rings. The SMILES string of the molecule is COC(=O)N(C(=O)C1CC1)c1cc(-c2ccc(OC(F)(F)F)cc2)cc(C(=O)NCC2=CCC(C#N)C=C2)n1. The van der Waals surface area contributed by atoms with Gasteiger partial charge >= 0.3 is 12.5 Å². The van der Waals surface area contributed by atoms with Crippen molar-refractivity contribution in [2.24, 2.45) is 11.8 Å². The number of nitrogens with zero attached hydrogens (tertiary/aromatic N) is 3. The number of hydrogen-bond donors (Lipinski definition) is 1. The number of carbonyl (C=O) groups excluding carboxylic acids is 3. The minimum atomic E-state index is -4.86. The summed E-state index contributed by atoms with van der Waals surface area (Å²) in [5.74, 6) is -2.36. The molecule has 1 heterocycles. The van der Waals surface area contributed by atoms with Crippen molar-refractivity contribution in [1.29, 1.82) is 5.26 Å². The number of nitriles is 1. The third kappa shape index (κ3) is 7.01. The van der Waals surface area contributed by atoms with Gasteiger partial charge in [0.15, 0.2) is 0 Å². The Bertz CT molecular complexity index is 1380. The lowest BCUT2D eigenvalue weighted by Gasteiger charge is -2.20. The first-order valence-corrected chi connectivity index (χ1v) is 11.9. The molecular formula is C27H23F3N4O5. The fraction of sp³-hybridized carbons (Fsp3) is 0.296. The quantitative estimate of drug-likeness (QED) is 0.530. The van der Waals surface area contributed by atoms with Gasteiger partial charge in [-0.25, -0.2) is 9.78 Å². The minimum Gasteiger partial charge on any atom is -0.452 e. The number of ether oxygens (including phenoxy) is 2. The summed E-state index contributed by atoms with van der Waals surface area (Å²) in [6.45, 7) is 0.139. The van der Waals surface area contributed by atoms with Crippen LogP contribution in [0.4, 0.5) is 23.8 Å². The monoisotopic (exact) mass is 540 g/mol. The molecule has 9 nitrogen and oxygen atoms in total. The van der Waals surface area contributed by atoms with Crippen LogP contribution in [-0.4, -0.2) is 42.9 Å². The zero-order valence-corrected chi connectivity index (χ0v) is 20.7. The lowest BCUT2D eigenvalue weighted by Crippen LogP contribution is -2.39. The molecule has 1 atom stereocenters. The maximum absolute atomic E-state index is 13.1. The molecule has 1 unspecified atom stereocenters. The van der Waals surface area contributed by atoms with Crippen LogP contribution in [0.15, 0.2) is 60.2 Å². The Morgan fingerprint density at radius 3 is 2.44 bits per heavy atom. The van der Waals surface area contributed by atoms with E-state index in [2.05, 4.69) is 21.1 Å². The lowest BCUT2D eigenvalue weighted by atomic mass is 9.98. The number of anilines is 1. The van der Waals surface area contributed by atoms with E-state index in [0.717, 1.165) is 29.7 Å². The summed E-state index contributed by atoms with van der Waals surface area (Å²) in [5, 5.41) is 11.7. The number of aromatic nitrogens is 1. The molecule has 0 spiro atoms. The average Bonchev–Trinajstić information content (AvgIpc) is 3.77. The number of benzene rings is 1. The second kappa shape index (κ2) is 11.4. The molecule has 39 heavy (non-hydrogen) atoms. The number of carbonyl (C=O) groups is 3. The molecular weight excluding hydrogens is 517 g/mol. The predicted octanol–water partition coefficient (Wildman–Crippen LogP) is 4.91. The molecule has 0 radical (unpaired) electrons. The van der Waals surface area contributed by atoms with Crippen molar-refractivity contribution < 1.29 is 37.0 Å². The van der Waals surface area contributed by atoms with Gasteiger partial charge in [0.1, 0.15) is 17.3 Å². The zero-order valence-electron chi connectivity index (χ0n) is 20.7. The van der Waals surface area contributed by atoms with E-state index in [0.29, 0.717) is 30.4 Å². The number of allylic oxidation sites excluding steroid dienone is 2. The standard InChI is InChI=1S/C27H23F3N4O5/c1-38-26(37)34(25(36)19-6-7-19)23-13-20(18-8-10-21(11-9-18)39-27(28,29)30)12-22(33-23)24(35)32-15-17-4-2-16(14-31)3-5-17/h2,4-5,8-13,16,19H,3,6-7,15H2,1H3,(H,32,35). The number of alkyl halides is 3. The van der Waals surface area contributed by atoms with Gasteiger partial charge in [-0.15, -0.1) is 13.2 Å². The van der Waals surface area contributed by atoms with Crippen LogP contribution in [0.2, 0.25) is 0 Å². The van der Waals surface area contributed by atoms with Crippen LogP contribution in [0.5, 0.6) is 5.75 Å². The maximum Gasteiger partial charge on any atom is 0.573 e. The maximum atomic E-state index is 13.1. The minimum absolute atomic E-state index is 0.133. The van der Waals surface area contributed by atoms with Gasteiger partial charge < -0.3 is 14.8 Å². The number of amides is 3. The number of hydrogen-bond acceptors (Lipinski definition) is 7. The Morgan fingerprint density at radius 2 is 1.87 bits per heavy atom. The van der Waals surface area contributed by atoms with Gasteiger partial charge in [-0.05, 0) is 60.2 Å². The van der Waals surface area contributed by atoms with E-state index in [4.69, 9.17) is 10.00 Å². The molecule has 0 bridgehead atoms. The van der Waals surface area contributed by atoms with Crippen LogP contribution in [0.25, 0.3) is 11.1 Å². The van der Waals surface area contributed by atoms with Crippen molar-refractivity contribution in [2.45, 2.75) is 25.6 Å². The third-order valence-corrected chi connectivity index (χ3v) is 5.99. The zero-order chi connectivity index (χ0) is 28.2. The smallest absolute Gasteiger partial charge is 0.452 e. The van der Waals surface area contributed by atoms with Crippen molar-refractivity contribution >= 4 is 23.7 Å². The van der Waals surface area contributed by atoms with Crippen LogP contribution in [0.3, 0.4) is 0 Å². The van der Waals surface area contributed by atoms with Crippen molar-refractivity contribution in [1.82, 2.24) is 10.3 Å². The molecule has 4 rings (SSSR count). The first-order chi connectivity index (χ1) is 18.6. The number of pyridine rings is 1. The molecule has 1 N–H and O–H groups in total. The summed E-state index contributed by atoms with van der Waals surface area (Å²) in [5.41, 5.74) is 1.35. The van der Waals surface area contributed by atoms with Gasteiger partial charge in [-0.1, -0.05) is 30.4 Å². The fourth-order valence-corrected chi connectivity index (χ4v) is 3.83. The second-order valence-electron chi connectivity index (χ2n) is 8.88. The van der Waals surface area contributed by atoms with E-state index >= 15 is 0 Å². The first-order valence-electron chi connectivity index (χ1n) is 11.9. The largest absolute Gasteiger partial charge is 0.573 e. The Balaban J connectivity index is 1.66. The molecule has 0 aliphatic heterocycles. The van der Waals surface area contributed by atoms with Gasteiger partial charge in [-0.2, -0.15) is 10.2 Å². The van der Waals surface area contributed by atoms with E-state index in [9.17, 15) is 27.6 Å². The Hall–Kier alpha value is -4.66.